The molecule has 2 rings (SSSR count). The number of ether oxygens (including phenoxy) is 1. The Morgan fingerprint density at radius 2 is 2.11 bits per heavy atom. The molecule has 108 valence electrons. The molecule has 2 saturated heterocycles. The minimum absolute atomic E-state index is 0.0410. The number of nitrogens with zero attached hydrogens (tertiary/aromatic N) is 2. The van der Waals surface area contributed by atoms with Gasteiger partial charge in [-0.05, 0) is 40.0 Å². The zero-order valence-electron chi connectivity index (χ0n) is 12.1. The summed E-state index contributed by atoms with van der Waals surface area (Å²) in [6, 6.07) is -0.361. The maximum absolute atomic E-state index is 14.4. The molecule has 2 fully saturated rings. The molecule has 2 aliphatic rings. The highest BCUT2D eigenvalue weighted by atomic mass is 19.1. The molecular formula is C14H23FN2O2. The molecule has 2 heterocycles. The molecule has 0 aromatic rings. The Labute approximate surface area is 114 Å². The van der Waals surface area contributed by atoms with Gasteiger partial charge in [-0.2, -0.15) is 0 Å². The van der Waals surface area contributed by atoms with Gasteiger partial charge in [-0.1, -0.05) is 0 Å². The van der Waals surface area contributed by atoms with Crippen LogP contribution in [0.15, 0.2) is 4.99 Å². The van der Waals surface area contributed by atoms with Gasteiger partial charge in [-0.3, -0.25) is 9.89 Å². The van der Waals surface area contributed by atoms with Crippen LogP contribution in [-0.2, 0) is 4.74 Å². The molecule has 5 heteroatoms. The molecular weight excluding hydrogens is 247 g/mol. The number of carbonyl (C=O) groups is 1. The molecule has 2 bridgehead atoms. The fourth-order valence-electron chi connectivity index (χ4n) is 2.99. The summed E-state index contributed by atoms with van der Waals surface area (Å²) in [5.74, 6) is 0. The van der Waals surface area contributed by atoms with Gasteiger partial charge in [-0.25, -0.2) is 9.18 Å². The molecule has 0 radical (unpaired) electrons. The third-order valence-corrected chi connectivity index (χ3v) is 3.78. The Kier molecular flexibility index (Phi) is 3.83. The van der Waals surface area contributed by atoms with E-state index in [1.165, 1.54) is 0 Å². The van der Waals surface area contributed by atoms with Gasteiger partial charge < -0.3 is 4.74 Å². The van der Waals surface area contributed by atoms with E-state index in [-0.39, 0.29) is 12.1 Å². The van der Waals surface area contributed by atoms with Crippen molar-refractivity contribution in [3.63, 3.8) is 0 Å². The number of aliphatic imine (C=N–C) groups is 1. The second-order valence-electron chi connectivity index (χ2n) is 6.36. The fourth-order valence-corrected chi connectivity index (χ4v) is 2.99. The average molecular weight is 270 g/mol. The maximum atomic E-state index is 14.4. The number of hydrogen-bond donors (Lipinski definition) is 0. The lowest BCUT2D eigenvalue weighted by atomic mass is 9.82. The van der Waals surface area contributed by atoms with E-state index in [1.54, 1.807) is 11.9 Å². The van der Waals surface area contributed by atoms with Crippen LogP contribution in [0.1, 0.15) is 46.5 Å². The number of piperidine rings is 2. The van der Waals surface area contributed by atoms with E-state index in [9.17, 15) is 9.18 Å². The van der Waals surface area contributed by atoms with Gasteiger partial charge in [0.15, 0.2) is 6.17 Å². The van der Waals surface area contributed by atoms with Crippen molar-refractivity contribution < 1.29 is 13.9 Å². The molecule has 0 saturated carbocycles. The highest BCUT2D eigenvalue weighted by molar-refractivity contribution is 5.92. The van der Waals surface area contributed by atoms with E-state index in [0.29, 0.717) is 18.6 Å². The zero-order valence-corrected chi connectivity index (χ0v) is 12.1. The standard InChI is InChI=1S/C14H23FN2O2/c1-14(2,3)19-13(18)17-9-6-5-7-11(17)12(15)10(8-9)16-4/h9,11-12H,5-8H2,1-4H3/b16-10-/t9?,11?,12-/m1/s1. The fraction of sp³-hybridized carbons (Fsp3) is 0.857. The summed E-state index contributed by atoms with van der Waals surface area (Å²) >= 11 is 0. The van der Waals surface area contributed by atoms with Crippen LogP contribution < -0.4 is 0 Å². The number of fused-ring (bicyclic) bond motifs is 2. The third kappa shape index (κ3) is 2.90. The first-order valence-corrected chi connectivity index (χ1v) is 6.94. The van der Waals surface area contributed by atoms with Gasteiger partial charge in [-0.15, -0.1) is 0 Å². The zero-order chi connectivity index (χ0) is 14.2. The molecule has 3 atom stereocenters. The molecule has 0 aliphatic carbocycles. The first kappa shape index (κ1) is 14.3. The van der Waals surface area contributed by atoms with E-state index in [0.717, 1.165) is 12.8 Å². The Balaban J connectivity index is 2.19. The molecule has 0 N–H and O–H groups in total. The number of carbonyl (C=O) groups excluding carboxylic acids is 1. The van der Waals surface area contributed by atoms with Crippen LogP contribution in [0.25, 0.3) is 0 Å². The first-order valence-electron chi connectivity index (χ1n) is 6.94. The van der Waals surface area contributed by atoms with Crippen molar-refractivity contribution in [3.8, 4) is 0 Å². The quantitative estimate of drug-likeness (QED) is 0.679. The van der Waals surface area contributed by atoms with Gasteiger partial charge >= 0.3 is 6.09 Å². The van der Waals surface area contributed by atoms with Crippen LogP contribution in [0.5, 0.6) is 0 Å². The Bertz CT molecular complexity index is 389. The summed E-state index contributed by atoms with van der Waals surface area (Å²) in [5.41, 5.74) is 0.0468. The van der Waals surface area contributed by atoms with Crippen molar-refractivity contribution in [2.75, 3.05) is 7.05 Å². The van der Waals surface area contributed by atoms with E-state index in [1.807, 2.05) is 20.8 Å². The molecule has 19 heavy (non-hydrogen) atoms. The largest absolute Gasteiger partial charge is 0.444 e. The van der Waals surface area contributed by atoms with Crippen LogP contribution in [0.2, 0.25) is 0 Å². The van der Waals surface area contributed by atoms with Crippen molar-refractivity contribution >= 4 is 11.8 Å². The summed E-state index contributed by atoms with van der Waals surface area (Å²) in [7, 11) is 1.63. The lowest BCUT2D eigenvalue weighted by Gasteiger charge is -2.47. The van der Waals surface area contributed by atoms with Crippen LogP contribution in [0, 0.1) is 0 Å². The van der Waals surface area contributed by atoms with Gasteiger partial charge in [0, 0.05) is 19.5 Å². The van der Waals surface area contributed by atoms with Crippen LogP contribution in [0.4, 0.5) is 9.18 Å². The topological polar surface area (TPSA) is 41.9 Å². The molecule has 2 aliphatic heterocycles. The minimum Gasteiger partial charge on any atom is -0.444 e. The second kappa shape index (κ2) is 5.10. The van der Waals surface area contributed by atoms with Crippen LogP contribution in [-0.4, -0.2) is 47.6 Å². The number of amides is 1. The molecule has 0 aromatic heterocycles. The van der Waals surface area contributed by atoms with Crippen LogP contribution in [0.3, 0.4) is 0 Å². The van der Waals surface area contributed by atoms with E-state index < -0.39 is 17.8 Å². The van der Waals surface area contributed by atoms with Crippen molar-refractivity contribution in [1.82, 2.24) is 4.90 Å². The normalized spacial score (nSPS) is 33.4. The summed E-state index contributed by atoms with van der Waals surface area (Å²) < 4.78 is 19.8. The average Bonchev–Trinajstić information content (AvgIpc) is 2.31. The van der Waals surface area contributed by atoms with E-state index in [4.69, 9.17) is 4.74 Å². The minimum atomic E-state index is -1.14. The monoisotopic (exact) mass is 270 g/mol. The maximum Gasteiger partial charge on any atom is 0.410 e. The lowest BCUT2D eigenvalue weighted by molar-refractivity contribution is -0.0188. The number of hydrogen-bond acceptors (Lipinski definition) is 3. The van der Waals surface area contributed by atoms with Crippen molar-refractivity contribution in [3.05, 3.63) is 0 Å². The van der Waals surface area contributed by atoms with Gasteiger partial charge in [0.1, 0.15) is 5.60 Å². The van der Waals surface area contributed by atoms with Crippen molar-refractivity contribution in [1.29, 1.82) is 0 Å². The van der Waals surface area contributed by atoms with Gasteiger partial charge in [0.2, 0.25) is 0 Å². The Hall–Kier alpha value is -1.13. The second-order valence-corrected chi connectivity index (χ2v) is 6.36. The lowest BCUT2D eigenvalue weighted by Crippen LogP contribution is -2.61. The highest BCUT2D eigenvalue weighted by Crippen LogP contribution is 2.35. The summed E-state index contributed by atoms with van der Waals surface area (Å²) in [6.45, 7) is 5.49. The summed E-state index contributed by atoms with van der Waals surface area (Å²) in [5, 5.41) is 0. The van der Waals surface area contributed by atoms with Gasteiger partial charge in [0.05, 0.1) is 11.8 Å². The molecule has 2 unspecified atom stereocenters. The van der Waals surface area contributed by atoms with E-state index >= 15 is 0 Å². The van der Waals surface area contributed by atoms with Gasteiger partial charge in [0.25, 0.3) is 0 Å². The van der Waals surface area contributed by atoms with Crippen molar-refractivity contribution in [2.24, 2.45) is 4.99 Å². The molecule has 0 aromatic carbocycles. The number of rotatable bonds is 0. The van der Waals surface area contributed by atoms with Crippen molar-refractivity contribution in [2.45, 2.75) is 70.3 Å². The van der Waals surface area contributed by atoms with Crippen LogP contribution >= 0.6 is 0 Å². The smallest absolute Gasteiger partial charge is 0.410 e. The van der Waals surface area contributed by atoms with E-state index in [2.05, 4.69) is 4.99 Å². The molecule has 1 amide bonds. The SMILES string of the molecule is C/N=C1/CC2CCCC([C@@H]1F)N2C(=O)OC(C)(C)C. The summed E-state index contributed by atoms with van der Waals surface area (Å²) in [4.78, 5) is 17.9. The highest BCUT2D eigenvalue weighted by Gasteiger charge is 2.46. The predicted molar refractivity (Wildman–Crippen MR) is 72.4 cm³/mol. The molecule has 0 spiro atoms. The summed E-state index contributed by atoms with van der Waals surface area (Å²) in [6.07, 6.45) is 1.56. The third-order valence-electron chi connectivity index (χ3n) is 3.78. The Morgan fingerprint density at radius 1 is 1.42 bits per heavy atom. The number of halogens is 1. The molecule has 4 nitrogen and oxygen atoms in total. The predicted octanol–water partition coefficient (Wildman–Crippen LogP) is 2.96. The number of alkyl halides is 1. The first-order chi connectivity index (χ1) is 8.83. The Morgan fingerprint density at radius 3 is 2.68 bits per heavy atom.